The van der Waals surface area contributed by atoms with Gasteiger partial charge in [-0.1, -0.05) is 29.8 Å². The van der Waals surface area contributed by atoms with E-state index >= 15 is 0 Å². The van der Waals surface area contributed by atoms with Crippen LogP contribution < -0.4 is 5.32 Å². The number of imidazole rings is 1. The van der Waals surface area contributed by atoms with Crippen molar-refractivity contribution in [2.45, 2.75) is 18.9 Å². The van der Waals surface area contributed by atoms with Crippen LogP contribution in [0.5, 0.6) is 0 Å². The molecule has 0 amide bonds. The molecule has 0 bridgehead atoms. The molecule has 2 aromatic rings. The first-order valence-corrected chi connectivity index (χ1v) is 6.48. The molecule has 1 N–H and O–H groups in total. The Morgan fingerprint density at radius 1 is 1.39 bits per heavy atom. The van der Waals surface area contributed by atoms with Crippen LogP contribution in [0.4, 0.5) is 0 Å². The molecule has 0 radical (unpaired) electrons. The van der Waals surface area contributed by atoms with E-state index < -0.39 is 0 Å². The first kappa shape index (κ1) is 13.1. The summed E-state index contributed by atoms with van der Waals surface area (Å²) in [6, 6.07) is 8.24. The lowest BCUT2D eigenvalue weighted by Gasteiger charge is -2.17. The third-order valence-corrected chi connectivity index (χ3v) is 3.55. The molecule has 1 atom stereocenters. The molecule has 0 saturated carbocycles. The Kier molecular flexibility index (Phi) is 4.39. The van der Waals surface area contributed by atoms with Gasteiger partial charge in [0.1, 0.15) is 5.82 Å². The summed E-state index contributed by atoms with van der Waals surface area (Å²) in [7, 11) is 3.98. The smallest absolute Gasteiger partial charge is 0.108 e. The highest BCUT2D eigenvalue weighted by Gasteiger charge is 2.13. The van der Waals surface area contributed by atoms with Gasteiger partial charge < -0.3 is 9.88 Å². The number of hydrogen-bond acceptors (Lipinski definition) is 2. The minimum atomic E-state index is 0.260. The van der Waals surface area contributed by atoms with E-state index in [9.17, 15) is 0 Å². The Hall–Kier alpha value is -1.32. The van der Waals surface area contributed by atoms with Gasteiger partial charge in [-0.05, 0) is 25.1 Å². The topological polar surface area (TPSA) is 29.9 Å². The quantitative estimate of drug-likeness (QED) is 0.899. The van der Waals surface area contributed by atoms with Crippen LogP contribution in [-0.2, 0) is 13.5 Å². The van der Waals surface area contributed by atoms with E-state index in [4.69, 9.17) is 11.6 Å². The maximum Gasteiger partial charge on any atom is 0.108 e. The maximum absolute atomic E-state index is 6.23. The van der Waals surface area contributed by atoms with Crippen molar-refractivity contribution in [2.24, 2.45) is 7.05 Å². The van der Waals surface area contributed by atoms with Gasteiger partial charge >= 0.3 is 0 Å². The van der Waals surface area contributed by atoms with Crippen LogP contribution >= 0.6 is 11.6 Å². The van der Waals surface area contributed by atoms with Crippen LogP contribution in [0.3, 0.4) is 0 Å². The van der Waals surface area contributed by atoms with E-state index in [1.54, 1.807) is 0 Å². The van der Waals surface area contributed by atoms with Gasteiger partial charge in [-0.2, -0.15) is 0 Å². The van der Waals surface area contributed by atoms with Crippen LogP contribution in [0.2, 0.25) is 5.02 Å². The Balaban J connectivity index is 2.07. The summed E-state index contributed by atoms with van der Waals surface area (Å²) < 4.78 is 2.05. The molecule has 96 valence electrons. The number of rotatable bonds is 5. The van der Waals surface area contributed by atoms with E-state index in [-0.39, 0.29) is 6.04 Å². The summed E-state index contributed by atoms with van der Waals surface area (Å²) >= 11 is 6.23. The molecule has 1 aromatic carbocycles. The normalized spacial score (nSPS) is 12.6. The maximum atomic E-state index is 6.23. The van der Waals surface area contributed by atoms with Crippen molar-refractivity contribution in [3.05, 3.63) is 53.1 Å². The van der Waals surface area contributed by atoms with Crippen molar-refractivity contribution in [1.82, 2.24) is 14.9 Å². The van der Waals surface area contributed by atoms with Crippen molar-refractivity contribution in [2.75, 3.05) is 7.05 Å². The van der Waals surface area contributed by atoms with E-state index in [2.05, 4.69) is 20.9 Å². The summed E-state index contributed by atoms with van der Waals surface area (Å²) in [5.41, 5.74) is 1.15. The summed E-state index contributed by atoms with van der Waals surface area (Å²) in [5, 5.41) is 4.14. The van der Waals surface area contributed by atoms with Crippen molar-refractivity contribution < 1.29 is 0 Å². The molecular formula is C14H18ClN3. The van der Waals surface area contributed by atoms with Gasteiger partial charge in [-0.3, -0.25) is 0 Å². The van der Waals surface area contributed by atoms with Crippen LogP contribution in [-0.4, -0.2) is 16.6 Å². The molecule has 1 unspecified atom stereocenters. The Labute approximate surface area is 113 Å². The Bertz CT molecular complexity index is 507. The number of halogens is 1. The SMILES string of the molecule is CNC(CCc1nccn1C)c1ccccc1Cl. The van der Waals surface area contributed by atoms with Gasteiger partial charge in [-0.25, -0.2) is 4.98 Å². The first-order chi connectivity index (χ1) is 8.72. The van der Waals surface area contributed by atoms with E-state index in [0.717, 1.165) is 29.3 Å². The van der Waals surface area contributed by atoms with Gasteiger partial charge in [0, 0.05) is 36.9 Å². The predicted octanol–water partition coefficient (Wildman–Crippen LogP) is 2.97. The molecule has 0 aliphatic carbocycles. The fourth-order valence-electron chi connectivity index (χ4n) is 2.12. The lowest BCUT2D eigenvalue weighted by molar-refractivity contribution is 0.536. The second-order valence-electron chi connectivity index (χ2n) is 4.36. The number of hydrogen-bond donors (Lipinski definition) is 1. The molecule has 1 aromatic heterocycles. The van der Waals surface area contributed by atoms with Crippen LogP contribution in [0.1, 0.15) is 23.9 Å². The molecule has 0 saturated heterocycles. The molecule has 0 fully saturated rings. The molecule has 18 heavy (non-hydrogen) atoms. The molecule has 3 nitrogen and oxygen atoms in total. The van der Waals surface area contributed by atoms with Crippen LogP contribution in [0, 0.1) is 0 Å². The fraction of sp³-hybridized carbons (Fsp3) is 0.357. The second-order valence-corrected chi connectivity index (χ2v) is 4.76. The second kappa shape index (κ2) is 6.03. The van der Waals surface area contributed by atoms with E-state index in [1.165, 1.54) is 0 Å². The third kappa shape index (κ3) is 2.92. The van der Waals surface area contributed by atoms with E-state index in [0.29, 0.717) is 0 Å². The third-order valence-electron chi connectivity index (χ3n) is 3.21. The highest BCUT2D eigenvalue weighted by atomic mass is 35.5. The average Bonchev–Trinajstić information content (AvgIpc) is 2.78. The number of nitrogens with zero attached hydrogens (tertiary/aromatic N) is 2. The highest BCUT2D eigenvalue weighted by molar-refractivity contribution is 6.31. The number of nitrogens with one attached hydrogen (secondary N) is 1. The fourth-order valence-corrected chi connectivity index (χ4v) is 2.39. The molecule has 2 rings (SSSR count). The zero-order valence-corrected chi connectivity index (χ0v) is 11.5. The predicted molar refractivity (Wildman–Crippen MR) is 74.8 cm³/mol. The first-order valence-electron chi connectivity index (χ1n) is 6.10. The number of aromatic nitrogens is 2. The van der Waals surface area contributed by atoms with Crippen molar-refractivity contribution in [3.63, 3.8) is 0 Å². The molecule has 0 aliphatic rings. The largest absolute Gasteiger partial charge is 0.338 e. The highest BCUT2D eigenvalue weighted by Crippen LogP contribution is 2.25. The summed E-state index contributed by atoms with van der Waals surface area (Å²) in [4.78, 5) is 4.34. The molecule has 4 heteroatoms. The zero-order valence-electron chi connectivity index (χ0n) is 10.7. The average molecular weight is 264 g/mol. The van der Waals surface area contributed by atoms with Crippen LogP contribution in [0.15, 0.2) is 36.7 Å². The summed E-state index contributed by atoms with van der Waals surface area (Å²) in [6.07, 6.45) is 5.71. The monoisotopic (exact) mass is 263 g/mol. The Morgan fingerprint density at radius 2 is 2.17 bits per heavy atom. The lowest BCUT2D eigenvalue weighted by atomic mass is 10.0. The number of benzene rings is 1. The van der Waals surface area contributed by atoms with Gasteiger partial charge in [0.15, 0.2) is 0 Å². The standard InChI is InChI=1S/C14H18ClN3/c1-16-13(11-5-3-4-6-12(11)15)7-8-14-17-9-10-18(14)2/h3-6,9-10,13,16H,7-8H2,1-2H3. The van der Waals surface area contributed by atoms with Crippen molar-refractivity contribution in [1.29, 1.82) is 0 Å². The van der Waals surface area contributed by atoms with Gasteiger partial charge in [-0.15, -0.1) is 0 Å². The van der Waals surface area contributed by atoms with Crippen molar-refractivity contribution >= 4 is 11.6 Å². The Morgan fingerprint density at radius 3 is 2.78 bits per heavy atom. The number of aryl methyl sites for hydroxylation is 2. The minimum Gasteiger partial charge on any atom is -0.338 e. The van der Waals surface area contributed by atoms with Gasteiger partial charge in [0.05, 0.1) is 0 Å². The summed E-state index contributed by atoms with van der Waals surface area (Å²) in [6.45, 7) is 0. The van der Waals surface area contributed by atoms with Gasteiger partial charge in [0.25, 0.3) is 0 Å². The van der Waals surface area contributed by atoms with Crippen molar-refractivity contribution in [3.8, 4) is 0 Å². The van der Waals surface area contributed by atoms with Crippen LogP contribution in [0.25, 0.3) is 0 Å². The molecule has 0 spiro atoms. The lowest BCUT2D eigenvalue weighted by Crippen LogP contribution is -2.18. The zero-order chi connectivity index (χ0) is 13.0. The minimum absolute atomic E-state index is 0.260. The summed E-state index contributed by atoms with van der Waals surface area (Å²) in [5.74, 6) is 1.10. The molecular weight excluding hydrogens is 246 g/mol. The van der Waals surface area contributed by atoms with Gasteiger partial charge in [0.2, 0.25) is 0 Å². The van der Waals surface area contributed by atoms with E-state index in [1.807, 2.05) is 44.7 Å². The molecule has 0 aliphatic heterocycles. The molecule has 1 heterocycles.